The average Bonchev–Trinajstić information content (AvgIpc) is 2.53. The molecule has 1 rings (SSSR count). The van der Waals surface area contributed by atoms with Gasteiger partial charge in [0.05, 0.1) is 30.0 Å². The van der Waals surface area contributed by atoms with Gasteiger partial charge in [0.2, 0.25) is 0 Å². The summed E-state index contributed by atoms with van der Waals surface area (Å²) in [6, 6.07) is 4.70. The van der Waals surface area contributed by atoms with Gasteiger partial charge in [-0.05, 0) is 25.5 Å². The van der Waals surface area contributed by atoms with Crippen LogP contribution >= 0.6 is 11.6 Å². The maximum absolute atomic E-state index is 11.8. The Bertz CT molecular complexity index is 639. The van der Waals surface area contributed by atoms with Gasteiger partial charge < -0.3 is 14.8 Å². The number of hydrogen-bond acceptors (Lipinski definition) is 6. The molecule has 124 valence electrons. The minimum Gasteiger partial charge on any atom is -0.465 e. The standard InChI is InChI=1S/C16H18ClNO5/c1-4-8-23-16(21)12(10(2)19)9-18-13-7-5-6-11(14(13)17)15(20)22-3/h5-7,9,18H,4,8H2,1-3H3. The van der Waals surface area contributed by atoms with Gasteiger partial charge in [-0.2, -0.15) is 0 Å². The van der Waals surface area contributed by atoms with Gasteiger partial charge in [-0.3, -0.25) is 4.79 Å². The molecule has 7 heteroatoms. The molecule has 1 N–H and O–H groups in total. The summed E-state index contributed by atoms with van der Waals surface area (Å²) >= 11 is 6.11. The molecule has 0 aliphatic rings. The van der Waals surface area contributed by atoms with Gasteiger partial charge >= 0.3 is 11.9 Å². The fraction of sp³-hybridized carbons (Fsp3) is 0.312. The normalized spacial score (nSPS) is 10.9. The number of carbonyl (C=O) groups is 3. The van der Waals surface area contributed by atoms with Crippen molar-refractivity contribution in [1.82, 2.24) is 0 Å². The van der Waals surface area contributed by atoms with Gasteiger partial charge in [0.25, 0.3) is 0 Å². The van der Waals surface area contributed by atoms with Gasteiger partial charge in [0.1, 0.15) is 5.57 Å². The summed E-state index contributed by atoms with van der Waals surface area (Å²) in [6.07, 6.45) is 1.86. The second-order valence-corrected chi connectivity index (χ2v) is 4.93. The number of ether oxygens (including phenoxy) is 2. The first-order chi connectivity index (χ1) is 10.9. The Balaban J connectivity index is 3.03. The highest BCUT2D eigenvalue weighted by Gasteiger charge is 2.17. The molecule has 0 unspecified atom stereocenters. The van der Waals surface area contributed by atoms with E-state index in [2.05, 4.69) is 10.1 Å². The number of nitrogens with one attached hydrogen (secondary N) is 1. The highest BCUT2D eigenvalue weighted by molar-refractivity contribution is 6.36. The first-order valence-electron chi connectivity index (χ1n) is 6.94. The summed E-state index contributed by atoms with van der Waals surface area (Å²) in [5, 5.41) is 2.87. The maximum atomic E-state index is 11.8. The summed E-state index contributed by atoms with van der Waals surface area (Å²) < 4.78 is 9.56. The molecule has 0 saturated heterocycles. The summed E-state index contributed by atoms with van der Waals surface area (Å²) in [5.41, 5.74) is 0.389. The summed E-state index contributed by atoms with van der Waals surface area (Å²) in [4.78, 5) is 35.0. The third kappa shape index (κ3) is 5.10. The molecule has 1 aromatic rings. The van der Waals surface area contributed by atoms with Crippen LogP contribution < -0.4 is 5.32 Å². The molecule has 6 nitrogen and oxygen atoms in total. The number of benzene rings is 1. The van der Waals surface area contributed by atoms with Crippen molar-refractivity contribution in [1.29, 1.82) is 0 Å². The first-order valence-corrected chi connectivity index (χ1v) is 7.31. The zero-order chi connectivity index (χ0) is 17.4. The van der Waals surface area contributed by atoms with E-state index >= 15 is 0 Å². The monoisotopic (exact) mass is 339 g/mol. The van der Waals surface area contributed by atoms with Gasteiger partial charge in [-0.25, -0.2) is 9.59 Å². The summed E-state index contributed by atoms with van der Waals surface area (Å²) in [7, 11) is 1.25. The molecule has 1 aromatic carbocycles. The quantitative estimate of drug-likeness (QED) is 0.356. The van der Waals surface area contributed by atoms with E-state index in [1.165, 1.54) is 26.3 Å². The second kappa shape index (κ2) is 8.95. The van der Waals surface area contributed by atoms with Gasteiger partial charge in [-0.1, -0.05) is 24.6 Å². The van der Waals surface area contributed by atoms with E-state index in [1.54, 1.807) is 12.1 Å². The Morgan fingerprint density at radius 2 is 2.00 bits per heavy atom. The van der Waals surface area contributed by atoms with E-state index < -0.39 is 17.7 Å². The van der Waals surface area contributed by atoms with Crippen LogP contribution in [0.1, 0.15) is 30.6 Å². The molecule has 23 heavy (non-hydrogen) atoms. The molecule has 0 aliphatic heterocycles. The number of rotatable bonds is 7. The second-order valence-electron chi connectivity index (χ2n) is 4.55. The topological polar surface area (TPSA) is 81.7 Å². The Kier molecular flexibility index (Phi) is 7.28. The number of ketones is 1. The fourth-order valence-electron chi connectivity index (χ4n) is 1.64. The predicted molar refractivity (Wildman–Crippen MR) is 86.4 cm³/mol. The molecule has 0 saturated carbocycles. The molecule has 0 aliphatic carbocycles. The van der Waals surface area contributed by atoms with Gasteiger partial charge in [0, 0.05) is 6.20 Å². The minimum absolute atomic E-state index is 0.125. The van der Waals surface area contributed by atoms with Crippen molar-refractivity contribution in [3.63, 3.8) is 0 Å². The minimum atomic E-state index is -0.716. The molecule has 0 bridgehead atoms. The Morgan fingerprint density at radius 1 is 1.30 bits per heavy atom. The molecule has 0 amide bonds. The third-order valence-electron chi connectivity index (χ3n) is 2.81. The zero-order valence-corrected chi connectivity index (χ0v) is 13.9. The number of esters is 2. The number of Topliss-reactive ketones (excluding diaryl/α,β-unsaturated/α-hetero) is 1. The van der Waals surface area contributed by atoms with Crippen molar-refractivity contribution in [2.24, 2.45) is 0 Å². The summed E-state index contributed by atoms with van der Waals surface area (Å²) in [5.74, 6) is -1.75. The number of anilines is 1. The van der Waals surface area contributed by atoms with Crippen LogP contribution in [0.15, 0.2) is 30.0 Å². The van der Waals surface area contributed by atoms with Crippen LogP contribution in [0.25, 0.3) is 0 Å². The third-order valence-corrected chi connectivity index (χ3v) is 3.22. The van der Waals surface area contributed by atoms with E-state index in [1.807, 2.05) is 6.92 Å². The van der Waals surface area contributed by atoms with E-state index in [9.17, 15) is 14.4 Å². The van der Waals surface area contributed by atoms with E-state index in [0.717, 1.165) is 0 Å². The number of halogens is 1. The van der Waals surface area contributed by atoms with Crippen LogP contribution in [0.3, 0.4) is 0 Å². The first kappa shape index (κ1) is 18.7. The Hall–Kier alpha value is -2.34. The number of carbonyl (C=O) groups excluding carboxylic acids is 3. The van der Waals surface area contributed by atoms with Crippen LogP contribution in [0.4, 0.5) is 5.69 Å². The van der Waals surface area contributed by atoms with Crippen molar-refractivity contribution in [3.05, 3.63) is 40.6 Å². The lowest BCUT2D eigenvalue weighted by Gasteiger charge is -2.09. The van der Waals surface area contributed by atoms with Crippen molar-refractivity contribution in [3.8, 4) is 0 Å². The van der Waals surface area contributed by atoms with Crippen molar-refractivity contribution in [2.75, 3.05) is 19.0 Å². The number of methoxy groups -OCH3 is 1. The van der Waals surface area contributed by atoms with Crippen molar-refractivity contribution in [2.45, 2.75) is 20.3 Å². The fourth-order valence-corrected chi connectivity index (χ4v) is 1.90. The highest BCUT2D eigenvalue weighted by atomic mass is 35.5. The largest absolute Gasteiger partial charge is 0.465 e. The lowest BCUT2D eigenvalue weighted by atomic mass is 10.2. The van der Waals surface area contributed by atoms with Crippen LogP contribution in [0.2, 0.25) is 5.02 Å². The van der Waals surface area contributed by atoms with E-state index in [4.69, 9.17) is 16.3 Å². The van der Waals surface area contributed by atoms with Crippen molar-refractivity contribution >= 4 is 35.0 Å². The zero-order valence-electron chi connectivity index (χ0n) is 13.1. The molecule has 0 heterocycles. The molecular weight excluding hydrogens is 322 g/mol. The molecule has 0 atom stereocenters. The Morgan fingerprint density at radius 3 is 2.57 bits per heavy atom. The molecule has 0 fully saturated rings. The maximum Gasteiger partial charge on any atom is 0.343 e. The van der Waals surface area contributed by atoms with Gasteiger partial charge in [0.15, 0.2) is 5.78 Å². The van der Waals surface area contributed by atoms with Crippen LogP contribution in [-0.2, 0) is 19.1 Å². The molecule has 0 aromatic heterocycles. The van der Waals surface area contributed by atoms with Crippen LogP contribution in [-0.4, -0.2) is 31.4 Å². The lowest BCUT2D eigenvalue weighted by Crippen LogP contribution is -2.15. The summed E-state index contributed by atoms with van der Waals surface area (Å²) in [6.45, 7) is 3.33. The van der Waals surface area contributed by atoms with Gasteiger partial charge in [-0.15, -0.1) is 0 Å². The highest BCUT2D eigenvalue weighted by Crippen LogP contribution is 2.26. The van der Waals surface area contributed by atoms with E-state index in [-0.39, 0.29) is 22.8 Å². The average molecular weight is 340 g/mol. The van der Waals surface area contributed by atoms with Crippen LogP contribution in [0, 0.1) is 0 Å². The molecular formula is C16H18ClNO5. The smallest absolute Gasteiger partial charge is 0.343 e. The van der Waals surface area contributed by atoms with Crippen LogP contribution in [0.5, 0.6) is 0 Å². The Labute approximate surface area is 139 Å². The van der Waals surface area contributed by atoms with Crippen molar-refractivity contribution < 1.29 is 23.9 Å². The predicted octanol–water partition coefficient (Wildman–Crippen LogP) is 2.96. The lowest BCUT2D eigenvalue weighted by molar-refractivity contribution is -0.140. The number of hydrogen-bond donors (Lipinski definition) is 1. The molecule has 0 spiro atoms. The van der Waals surface area contributed by atoms with E-state index in [0.29, 0.717) is 12.1 Å². The molecule has 0 radical (unpaired) electrons. The SMILES string of the molecule is CCCOC(=O)C(=CNc1cccc(C(=O)OC)c1Cl)C(C)=O.